The molecule has 0 saturated heterocycles. The van der Waals surface area contributed by atoms with Gasteiger partial charge in [0.15, 0.2) is 0 Å². The molecule has 2 aliphatic carbocycles. The van der Waals surface area contributed by atoms with Gasteiger partial charge in [0, 0.05) is 18.4 Å². The third-order valence-corrected chi connectivity index (χ3v) is 8.73. The highest BCUT2D eigenvalue weighted by molar-refractivity contribution is 5.95. The number of anilines is 2. The van der Waals surface area contributed by atoms with E-state index in [2.05, 4.69) is 158 Å². The van der Waals surface area contributed by atoms with Crippen molar-refractivity contribution in [1.29, 1.82) is 0 Å². The van der Waals surface area contributed by atoms with Crippen molar-refractivity contribution in [2.24, 2.45) is 0 Å². The molecule has 6 aromatic rings. The Kier molecular flexibility index (Phi) is 4.72. The average molecular weight is 498 g/mol. The molecule has 6 aromatic carbocycles. The van der Waals surface area contributed by atoms with E-state index in [0.717, 1.165) is 0 Å². The van der Waals surface area contributed by atoms with Crippen LogP contribution in [0.15, 0.2) is 146 Å². The molecule has 1 nitrogen and oxygen atoms in total. The Morgan fingerprint density at radius 1 is 0.385 bits per heavy atom. The minimum atomic E-state index is -0.312. The average Bonchev–Trinajstić information content (AvgIpc) is 3.48. The molecule has 0 aliphatic heterocycles. The molecule has 0 radical (unpaired) electrons. The molecule has 184 valence electrons. The highest BCUT2D eigenvalue weighted by Crippen LogP contribution is 2.63. The van der Waals surface area contributed by atoms with Crippen LogP contribution in [0.4, 0.5) is 11.4 Å². The summed E-state index contributed by atoms with van der Waals surface area (Å²) < 4.78 is 0. The van der Waals surface area contributed by atoms with Crippen LogP contribution in [0.25, 0.3) is 33.4 Å². The lowest BCUT2D eigenvalue weighted by Gasteiger charge is -2.31. The molecule has 0 fully saturated rings. The molecule has 39 heavy (non-hydrogen) atoms. The molecule has 1 spiro atoms. The molecule has 2 aliphatic rings. The lowest BCUT2D eigenvalue weighted by molar-refractivity contribution is 0.793. The van der Waals surface area contributed by atoms with E-state index < -0.39 is 0 Å². The molecule has 0 saturated carbocycles. The maximum Gasteiger partial charge on any atom is 0.0726 e. The van der Waals surface area contributed by atoms with Crippen molar-refractivity contribution in [3.8, 4) is 33.4 Å². The van der Waals surface area contributed by atoms with Crippen LogP contribution in [0.3, 0.4) is 0 Å². The van der Waals surface area contributed by atoms with Crippen LogP contribution in [0.1, 0.15) is 22.3 Å². The standard InChI is InChI=1S/C38H27N/c1-39(28-21-19-27(20-22-28)26-11-3-2-4-12-26)29-23-24-33-32-15-7-10-18-36(32)38(37(33)25-29)34-16-8-5-13-30(34)31-14-6-9-17-35(31)38/h2-25H,1H3. The van der Waals surface area contributed by atoms with Crippen LogP contribution >= 0.6 is 0 Å². The van der Waals surface area contributed by atoms with Gasteiger partial charge in [-0.3, -0.25) is 0 Å². The lowest BCUT2D eigenvalue weighted by Crippen LogP contribution is -2.26. The maximum absolute atomic E-state index is 2.43. The molecule has 0 atom stereocenters. The van der Waals surface area contributed by atoms with E-state index >= 15 is 0 Å². The summed E-state index contributed by atoms with van der Waals surface area (Å²) in [6, 6.07) is 53.4. The molecular weight excluding hydrogens is 470 g/mol. The van der Waals surface area contributed by atoms with Gasteiger partial charge in [0.25, 0.3) is 0 Å². The summed E-state index contributed by atoms with van der Waals surface area (Å²) >= 11 is 0. The van der Waals surface area contributed by atoms with E-state index in [0.29, 0.717) is 0 Å². The molecule has 8 rings (SSSR count). The topological polar surface area (TPSA) is 3.24 Å². The fourth-order valence-corrected chi connectivity index (χ4v) is 6.95. The number of fused-ring (bicyclic) bond motifs is 10. The predicted molar refractivity (Wildman–Crippen MR) is 163 cm³/mol. The van der Waals surface area contributed by atoms with Crippen LogP contribution in [0.2, 0.25) is 0 Å². The Morgan fingerprint density at radius 3 is 1.38 bits per heavy atom. The minimum absolute atomic E-state index is 0.312. The Hall–Kier alpha value is -4.88. The van der Waals surface area contributed by atoms with Crippen molar-refractivity contribution >= 4 is 11.4 Å². The third kappa shape index (κ3) is 3.02. The molecule has 0 aromatic heterocycles. The Morgan fingerprint density at radius 2 is 0.821 bits per heavy atom. The fraction of sp³-hybridized carbons (Fsp3) is 0.0526. The van der Waals surface area contributed by atoms with E-state index in [1.54, 1.807) is 0 Å². The van der Waals surface area contributed by atoms with Gasteiger partial charge in [-0.05, 0) is 79.9 Å². The van der Waals surface area contributed by atoms with Crippen LogP contribution in [-0.2, 0) is 5.41 Å². The Labute approximate surface area is 229 Å². The first-order valence-electron chi connectivity index (χ1n) is 13.6. The normalized spacial score (nSPS) is 13.5. The summed E-state index contributed by atoms with van der Waals surface area (Å²) in [7, 11) is 2.17. The van der Waals surface area contributed by atoms with Crippen molar-refractivity contribution in [2.45, 2.75) is 5.41 Å². The first-order chi connectivity index (χ1) is 19.3. The third-order valence-electron chi connectivity index (χ3n) is 8.73. The number of benzene rings is 6. The minimum Gasteiger partial charge on any atom is -0.345 e. The first-order valence-corrected chi connectivity index (χ1v) is 13.6. The molecular formula is C38H27N. The van der Waals surface area contributed by atoms with Crippen molar-refractivity contribution in [3.05, 3.63) is 168 Å². The summed E-state index contributed by atoms with van der Waals surface area (Å²) in [6.07, 6.45) is 0. The van der Waals surface area contributed by atoms with Crippen LogP contribution in [0.5, 0.6) is 0 Å². The van der Waals surface area contributed by atoms with Gasteiger partial charge in [-0.2, -0.15) is 0 Å². The number of hydrogen-bond acceptors (Lipinski definition) is 1. The summed E-state index contributed by atoms with van der Waals surface area (Å²) in [5, 5.41) is 0. The second-order valence-corrected chi connectivity index (χ2v) is 10.6. The number of nitrogens with zero attached hydrogens (tertiary/aromatic N) is 1. The van der Waals surface area contributed by atoms with Crippen molar-refractivity contribution in [1.82, 2.24) is 0 Å². The molecule has 0 N–H and O–H groups in total. The quantitative estimate of drug-likeness (QED) is 0.235. The highest BCUT2D eigenvalue weighted by Gasteiger charge is 2.51. The van der Waals surface area contributed by atoms with Crippen molar-refractivity contribution in [3.63, 3.8) is 0 Å². The van der Waals surface area contributed by atoms with Crippen molar-refractivity contribution in [2.75, 3.05) is 11.9 Å². The van der Waals surface area contributed by atoms with E-state index in [-0.39, 0.29) is 5.41 Å². The summed E-state index contributed by atoms with van der Waals surface area (Å²) in [5.41, 5.74) is 15.4. The largest absolute Gasteiger partial charge is 0.345 e. The Bertz CT molecular complexity index is 1800. The zero-order valence-electron chi connectivity index (χ0n) is 21.8. The van der Waals surface area contributed by atoms with Crippen molar-refractivity contribution < 1.29 is 0 Å². The van der Waals surface area contributed by atoms with E-state index in [1.165, 1.54) is 67.0 Å². The van der Waals surface area contributed by atoms with Crippen LogP contribution in [0, 0.1) is 0 Å². The van der Waals surface area contributed by atoms with Gasteiger partial charge in [0.1, 0.15) is 0 Å². The monoisotopic (exact) mass is 497 g/mol. The summed E-state index contributed by atoms with van der Waals surface area (Å²) in [6.45, 7) is 0. The van der Waals surface area contributed by atoms with Crippen LogP contribution in [-0.4, -0.2) is 7.05 Å². The zero-order valence-corrected chi connectivity index (χ0v) is 21.8. The fourth-order valence-electron chi connectivity index (χ4n) is 6.95. The second-order valence-electron chi connectivity index (χ2n) is 10.6. The van der Waals surface area contributed by atoms with E-state index in [4.69, 9.17) is 0 Å². The Balaban J connectivity index is 1.31. The molecule has 0 amide bonds. The lowest BCUT2D eigenvalue weighted by atomic mass is 9.70. The van der Waals surface area contributed by atoms with Gasteiger partial charge < -0.3 is 4.90 Å². The SMILES string of the molecule is CN(c1ccc(-c2ccccc2)cc1)c1ccc2c(c1)C1(c3ccccc3-c3ccccc31)c1ccccc1-2. The number of hydrogen-bond donors (Lipinski definition) is 0. The predicted octanol–water partition coefficient (Wildman–Crippen LogP) is 9.46. The maximum atomic E-state index is 2.43. The first kappa shape index (κ1) is 22.1. The second kappa shape index (κ2) is 8.31. The van der Waals surface area contributed by atoms with Gasteiger partial charge in [-0.15, -0.1) is 0 Å². The zero-order chi connectivity index (χ0) is 26.0. The van der Waals surface area contributed by atoms with E-state index in [9.17, 15) is 0 Å². The molecule has 0 unspecified atom stereocenters. The van der Waals surface area contributed by atoms with Gasteiger partial charge >= 0.3 is 0 Å². The molecule has 1 heteroatoms. The summed E-state index contributed by atoms with van der Waals surface area (Å²) in [4.78, 5) is 2.30. The van der Waals surface area contributed by atoms with Gasteiger partial charge in [-0.1, -0.05) is 121 Å². The van der Waals surface area contributed by atoms with Gasteiger partial charge in [0.05, 0.1) is 5.41 Å². The molecule has 0 bridgehead atoms. The summed E-state index contributed by atoms with van der Waals surface area (Å²) in [5.74, 6) is 0. The van der Waals surface area contributed by atoms with Gasteiger partial charge in [-0.25, -0.2) is 0 Å². The molecule has 0 heterocycles. The van der Waals surface area contributed by atoms with Crippen LogP contribution < -0.4 is 4.90 Å². The smallest absolute Gasteiger partial charge is 0.0726 e. The highest BCUT2D eigenvalue weighted by atomic mass is 15.1. The number of rotatable bonds is 3. The van der Waals surface area contributed by atoms with E-state index in [1.807, 2.05) is 0 Å². The van der Waals surface area contributed by atoms with Gasteiger partial charge in [0.2, 0.25) is 0 Å².